The molecule has 1 rings (SSSR count). The van der Waals surface area contributed by atoms with Crippen LogP contribution in [-0.2, 0) is 12.1 Å². The summed E-state index contributed by atoms with van der Waals surface area (Å²) < 4.78 is 36.9. The number of nitrogens with two attached hydrogens (primary N) is 1. The van der Waals surface area contributed by atoms with E-state index in [2.05, 4.69) is 10.3 Å². The van der Waals surface area contributed by atoms with Crippen LogP contribution in [0.1, 0.15) is 19.5 Å². The summed E-state index contributed by atoms with van der Waals surface area (Å²) in [5, 5.41) is 7.51. The highest BCUT2D eigenvalue weighted by Crippen LogP contribution is 2.29. The van der Waals surface area contributed by atoms with Crippen LogP contribution in [0.4, 0.5) is 13.2 Å². The summed E-state index contributed by atoms with van der Waals surface area (Å²) in [5.74, 6) is -0.0860. The first-order valence-electron chi connectivity index (χ1n) is 4.59. The zero-order valence-electron chi connectivity index (χ0n) is 8.95. The van der Waals surface area contributed by atoms with Gasteiger partial charge in [0.25, 0.3) is 0 Å². The lowest BCUT2D eigenvalue weighted by Crippen LogP contribution is -2.29. The summed E-state index contributed by atoms with van der Waals surface area (Å²) >= 11 is -0.0747. The highest BCUT2D eigenvalue weighted by Gasteiger charge is 2.27. The van der Waals surface area contributed by atoms with Crippen LogP contribution in [0.3, 0.4) is 0 Å². The summed E-state index contributed by atoms with van der Waals surface area (Å²) in [5.41, 5.74) is 1.50. The molecule has 0 spiro atoms. The molecule has 1 aromatic rings. The molecule has 1 aromatic heterocycles. The molecule has 16 heavy (non-hydrogen) atoms. The lowest BCUT2D eigenvalue weighted by atomic mass is 10.0. The third kappa shape index (κ3) is 4.40. The molecule has 0 radical (unpaired) electrons. The molecule has 92 valence electrons. The normalized spacial score (nSPS) is 13.1. The molecule has 8 heteroatoms. The van der Waals surface area contributed by atoms with Crippen LogP contribution in [0.5, 0.6) is 0 Å². The van der Waals surface area contributed by atoms with Crippen molar-refractivity contribution >= 4 is 11.8 Å². The molecule has 0 fully saturated rings. The van der Waals surface area contributed by atoms with E-state index in [1.807, 2.05) is 0 Å². The predicted octanol–water partition coefficient (Wildman–Crippen LogP) is 1.72. The number of thioether (sulfide) groups is 1. The van der Waals surface area contributed by atoms with Gasteiger partial charge in [0.15, 0.2) is 0 Å². The van der Waals surface area contributed by atoms with Gasteiger partial charge >= 0.3 is 5.51 Å². The first kappa shape index (κ1) is 13.3. The van der Waals surface area contributed by atoms with E-state index in [0.29, 0.717) is 5.69 Å². The Morgan fingerprint density at radius 3 is 2.50 bits per heavy atom. The van der Waals surface area contributed by atoms with Crippen LogP contribution >= 0.6 is 11.8 Å². The third-order valence-corrected chi connectivity index (χ3v) is 2.50. The highest BCUT2D eigenvalue weighted by molar-refractivity contribution is 8.00. The molecule has 0 saturated carbocycles. The molecule has 0 bridgehead atoms. The Bertz CT molecular complexity index is 342. The highest BCUT2D eigenvalue weighted by atomic mass is 32.2. The van der Waals surface area contributed by atoms with E-state index in [9.17, 15) is 13.2 Å². The van der Waals surface area contributed by atoms with Gasteiger partial charge in [0.2, 0.25) is 0 Å². The van der Waals surface area contributed by atoms with E-state index in [-0.39, 0.29) is 24.1 Å². The minimum absolute atomic E-state index is 0.0747. The van der Waals surface area contributed by atoms with Gasteiger partial charge in [-0.3, -0.25) is 4.68 Å². The van der Waals surface area contributed by atoms with Crippen molar-refractivity contribution in [3.8, 4) is 0 Å². The Morgan fingerprint density at radius 2 is 2.06 bits per heavy atom. The first-order chi connectivity index (χ1) is 7.18. The number of alkyl halides is 3. The topological polar surface area (TPSA) is 56.7 Å². The largest absolute Gasteiger partial charge is 0.441 e. The van der Waals surface area contributed by atoms with Gasteiger partial charge in [0.05, 0.1) is 18.3 Å². The van der Waals surface area contributed by atoms with Crippen LogP contribution in [0.25, 0.3) is 0 Å². The molecule has 0 aliphatic carbocycles. The van der Waals surface area contributed by atoms with Crippen LogP contribution in [-0.4, -0.2) is 26.3 Å². The standard InChI is InChI=1S/C8H13F3N4S/c1-7(2,12)6-5-15(14-13-6)3-4-16-8(9,10)11/h5H,3-4,12H2,1-2H3. The van der Waals surface area contributed by atoms with Gasteiger partial charge in [-0.2, -0.15) is 13.2 Å². The van der Waals surface area contributed by atoms with Crippen molar-refractivity contribution in [1.29, 1.82) is 0 Å². The molecule has 4 nitrogen and oxygen atoms in total. The van der Waals surface area contributed by atoms with Crippen molar-refractivity contribution in [3.63, 3.8) is 0 Å². The quantitative estimate of drug-likeness (QED) is 0.889. The first-order valence-corrected chi connectivity index (χ1v) is 5.57. The van der Waals surface area contributed by atoms with Gasteiger partial charge in [-0.1, -0.05) is 5.21 Å². The zero-order valence-corrected chi connectivity index (χ0v) is 9.77. The molecule has 0 atom stereocenters. The van der Waals surface area contributed by atoms with Crippen LogP contribution in [0.15, 0.2) is 6.20 Å². The average Bonchev–Trinajstić information content (AvgIpc) is 2.49. The van der Waals surface area contributed by atoms with Crippen molar-refractivity contribution in [2.75, 3.05) is 5.75 Å². The smallest absolute Gasteiger partial charge is 0.320 e. The molecule has 0 saturated heterocycles. The number of aromatic nitrogens is 3. The predicted molar refractivity (Wildman–Crippen MR) is 55.7 cm³/mol. The molecule has 1 heterocycles. The number of hydrogen-bond acceptors (Lipinski definition) is 4. The summed E-state index contributed by atoms with van der Waals surface area (Å²) in [6.07, 6.45) is 1.57. The fourth-order valence-corrected chi connectivity index (χ4v) is 1.47. The summed E-state index contributed by atoms with van der Waals surface area (Å²) in [6.45, 7) is 3.67. The van der Waals surface area contributed by atoms with Gasteiger partial charge in [-0.25, -0.2) is 0 Å². The summed E-state index contributed by atoms with van der Waals surface area (Å²) in [4.78, 5) is 0. The van der Waals surface area contributed by atoms with E-state index in [1.54, 1.807) is 20.0 Å². The van der Waals surface area contributed by atoms with Crippen molar-refractivity contribution in [2.45, 2.75) is 31.4 Å². The minimum Gasteiger partial charge on any atom is -0.320 e. The molecule has 0 aliphatic rings. The number of aryl methyl sites for hydroxylation is 1. The SMILES string of the molecule is CC(C)(N)c1cn(CCSC(F)(F)F)nn1. The fourth-order valence-electron chi connectivity index (χ4n) is 0.958. The molecule has 0 amide bonds. The fraction of sp³-hybridized carbons (Fsp3) is 0.750. The number of halogens is 3. The molecule has 2 N–H and O–H groups in total. The van der Waals surface area contributed by atoms with E-state index >= 15 is 0 Å². The van der Waals surface area contributed by atoms with Crippen molar-refractivity contribution in [3.05, 3.63) is 11.9 Å². The Hall–Kier alpha value is -0.760. The van der Waals surface area contributed by atoms with Crippen LogP contribution in [0.2, 0.25) is 0 Å². The van der Waals surface area contributed by atoms with Crippen molar-refractivity contribution < 1.29 is 13.2 Å². The van der Waals surface area contributed by atoms with Crippen molar-refractivity contribution in [1.82, 2.24) is 15.0 Å². The molecular formula is C8H13F3N4S. The Labute approximate surface area is 95.4 Å². The van der Waals surface area contributed by atoms with Gasteiger partial charge in [0.1, 0.15) is 5.69 Å². The number of rotatable bonds is 4. The average molecular weight is 254 g/mol. The Kier molecular flexibility index (Phi) is 3.84. The maximum absolute atomic E-state index is 11.9. The van der Waals surface area contributed by atoms with Gasteiger partial charge in [0, 0.05) is 5.75 Å². The maximum atomic E-state index is 11.9. The second kappa shape index (κ2) is 4.62. The second-order valence-corrected chi connectivity index (χ2v) is 5.04. The molecule has 0 unspecified atom stereocenters. The number of hydrogen-bond donors (Lipinski definition) is 1. The monoisotopic (exact) mass is 254 g/mol. The van der Waals surface area contributed by atoms with Crippen LogP contribution in [0, 0.1) is 0 Å². The van der Waals surface area contributed by atoms with E-state index in [1.165, 1.54) is 4.68 Å². The van der Waals surface area contributed by atoms with E-state index < -0.39 is 11.0 Å². The third-order valence-electron chi connectivity index (χ3n) is 1.78. The minimum atomic E-state index is -4.20. The summed E-state index contributed by atoms with van der Waals surface area (Å²) in [6, 6.07) is 0. The molecule has 0 aliphatic heterocycles. The second-order valence-electron chi connectivity index (χ2n) is 3.88. The number of nitrogens with zero attached hydrogens (tertiary/aromatic N) is 3. The van der Waals surface area contributed by atoms with Gasteiger partial charge < -0.3 is 5.73 Å². The van der Waals surface area contributed by atoms with E-state index in [0.717, 1.165) is 0 Å². The Morgan fingerprint density at radius 1 is 1.44 bits per heavy atom. The molecular weight excluding hydrogens is 241 g/mol. The maximum Gasteiger partial charge on any atom is 0.441 e. The van der Waals surface area contributed by atoms with Crippen molar-refractivity contribution in [2.24, 2.45) is 5.73 Å². The lowest BCUT2D eigenvalue weighted by Gasteiger charge is -2.13. The van der Waals surface area contributed by atoms with Gasteiger partial charge in [-0.15, -0.1) is 5.10 Å². The zero-order chi connectivity index (χ0) is 12.4. The molecule has 0 aromatic carbocycles. The van der Waals surface area contributed by atoms with E-state index in [4.69, 9.17) is 5.73 Å². The van der Waals surface area contributed by atoms with Crippen LogP contribution < -0.4 is 5.73 Å². The van der Waals surface area contributed by atoms with Gasteiger partial charge in [-0.05, 0) is 25.6 Å². The lowest BCUT2D eigenvalue weighted by molar-refractivity contribution is -0.0328. The summed E-state index contributed by atoms with van der Waals surface area (Å²) in [7, 11) is 0. The Balaban J connectivity index is 2.48.